The number of thioether (sulfide) groups is 1. The van der Waals surface area contributed by atoms with Gasteiger partial charge in [0.15, 0.2) is 0 Å². The van der Waals surface area contributed by atoms with Crippen molar-refractivity contribution in [1.29, 1.82) is 0 Å². The first kappa shape index (κ1) is 11.9. The van der Waals surface area contributed by atoms with Crippen LogP contribution in [0.3, 0.4) is 0 Å². The molecule has 18 heavy (non-hydrogen) atoms. The summed E-state index contributed by atoms with van der Waals surface area (Å²) in [6, 6.07) is 14.4. The second kappa shape index (κ2) is 4.87. The highest BCUT2D eigenvalue weighted by Gasteiger charge is 2.25. The number of rotatable bonds is 3. The van der Waals surface area contributed by atoms with Gasteiger partial charge in [0.2, 0.25) is 0 Å². The number of nitrogens with two attached hydrogens (primary N) is 1. The molecule has 1 unspecified atom stereocenters. The van der Waals surface area contributed by atoms with Gasteiger partial charge in [-0.2, -0.15) is 0 Å². The maximum Gasteiger partial charge on any atom is 0.0467 e. The van der Waals surface area contributed by atoms with Gasteiger partial charge in [-0.15, -0.1) is 11.8 Å². The van der Waals surface area contributed by atoms with Gasteiger partial charge in [0.25, 0.3) is 0 Å². The fourth-order valence-corrected chi connectivity index (χ4v) is 3.60. The minimum absolute atomic E-state index is 0.668. The number of hydrogen-bond donors (Lipinski definition) is 1. The largest absolute Gasteiger partial charge is 0.398 e. The van der Waals surface area contributed by atoms with E-state index in [-0.39, 0.29) is 0 Å². The highest BCUT2D eigenvalue weighted by molar-refractivity contribution is 7.99. The molecule has 92 valence electrons. The Kier molecular flexibility index (Phi) is 3.23. The Morgan fingerprint density at radius 2 is 2.06 bits per heavy atom. The van der Waals surface area contributed by atoms with Crippen LogP contribution in [0.25, 0.3) is 0 Å². The van der Waals surface area contributed by atoms with Gasteiger partial charge in [-0.05, 0) is 41.7 Å². The van der Waals surface area contributed by atoms with Gasteiger partial charge in [0.1, 0.15) is 0 Å². The van der Waals surface area contributed by atoms with Gasteiger partial charge in [-0.1, -0.05) is 35.9 Å². The number of benzene rings is 2. The summed E-state index contributed by atoms with van der Waals surface area (Å²) in [6.45, 7) is 0. The maximum absolute atomic E-state index is 5.96. The predicted octanol–water partition coefficient (Wildman–Crippen LogP) is 4.35. The van der Waals surface area contributed by atoms with Crippen LogP contribution in [0.15, 0.2) is 47.4 Å². The highest BCUT2D eigenvalue weighted by atomic mass is 35.5. The van der Waals surface area contributed by atoms with Crippen LogP contribution in [-0.4, -0.2) is 5.75 Å². The first-order chi connectivity index (χ1) is 8.74. The Bertz CT molecular complexity index is 582. The normalized spacial score (nSPS) is 17.1. The van der Waals surface area contributed by atoms with Gasteiger partial charge >= 0.3 is 0 Å². The van der Waals surface area contributed by atoms with Crippen molar-refractivity contribution in [3.8, 4) is 0 Å². The topological polar surface area (TPSA) is 26.0 Å². The van der Waals surface area contributed by atoms with E-state index < -0.39 is 0 Å². The van der Waals surface area contributed by atoms with Crippen LogP contribution < -0.4 is 5.73 Å². The van der Waals surface area contributed by atoms with Crippen molar-refractivity contribution in [2.24, 2.45) is 0 Å². The van der Waals surface area contributed by atoms with Gasteiger partial charge in [0.05, 0.1) is 0 Å². The fraction of sp³-hybridized carbons (Fsp3) is 0.200. The maximum atomic E-state index is 5.96. The molecule has 0 spiro atoms. The molecule has 0 aromatic heterocycles. The van der Waals surface area contributed by atoms with E-state index in [1.54, 1.807) is 0 Å². The standard InChI is InChI=1S/C15H14ClNS/c16-12-5-6-15(14(17)8-12)18-9-11-7-10-3-1-2-4-13(10)11/h1-6,8,11H,7,9,17H2. The van der Waals surface area contributed by atoms with Crippen molar-refractivity contribution in [2.75, 3.05) is 11.5 Å². The summed E-state index contributed by atoms with van der Waals surface area (Å²) < 4.78 is 0. The molecule has 0 bridgehead atoms. The van der Waals surface area contributed by atoms with E-state index in [0.29, 0.717) is 10.9 Å². The van der Waals surface area contributed by atoms with Crippen LogP contribution in [0.4, 0.5) is 5.69 Å². The zero-order chi connectivity index (χ0) is 12.5. The summed E-state index contributed by atoms with van der Waals surface area (Å²) >= 11 is 7.72. The highest BCUT2D eigenvalue weighted by Crippen LogP contribution is 2.39. The molecular weight excluding hydrogens is 262 g/mol. The Hall–Kier alpha value is -1.12. The third-order valence-corrected chi connectivity index (χ3v) is 4.86. The van der Waals surface area contributed by atoms with Crippen molar-refractivity contribution in [3.05, 3.63) is 58.6 Å². The number of anilines is 1. The van der Waals surface area contributed by atoms with Crippen LogP contribution in [0.1, 0.15) is 17.0 Å². The Labute approximate surface area is 116 Å². The molecule has 2 aromatic rings. The molecule has 0 saturated heterocycles. The quantitative estimate of drug-likeness (QED) is 0.665. The summed E-state index contributed by atoms with van der Waals surface area (Å²) in [6.07, 6.45) is 1.19. The lowest BCUT2D eigenvalue weighted by Gasteiger charge is -2.29. The number of nitrogen functional groups attached to an aromatic ring is 1. The summed E-state index contributed by atoms with van der Waals surface area (Å²) in [4.78, 5) is 1.13. The van der Waals surface area contributed by atoms with Crippen LogP contribution >= 0.6 is 23.4 Å². The molecule has 1 atom stereocenters. The van der Waals surface area contributed by atoms with E-state index in [0.717, 1.165) is 16.3 Å². The van der Waals surface area contributed by atoms with E-state index >= 15 is 0 Å². The summed E-state index contributed by atoms with van der Waals surface area (Å²) in [5, 5.41) is 0.700. The molecule has 0 fully saturated rings. The molecule has 0 aliphatic heterocycles. The van der Waals surface area contributed by atoms with E-state index in [1.807, 2.05) is 30.0 Å². The monoisotopic (exact) mass is 275 g/mol. The molecule has 1 aliphatic rings. The van der Waals surface area contributed by atoms with E-state index in [9.17, 15) is 0 Å². The zero-order valence-electron chi connectivity index (χ0n) is 9.90. The lowest BCUT2D eigenvalue weighted by atomic mass is 9.79. The van der Waals surface area contributed by atoms with Crippen molar-refractivity contribution in [1.82, 2.24) is 0 Å². The summed E-state index contributed by atoms with van der Waals surface area (Å²) in [5.74, 6) is 1.75. The molecule has 2 aromatic carbocycles. The Balaban J connectivity index is 1.66. The van der Waals surface area contributed by atoms with Gasteiger partial charge in [-0.3, -0.25) is 0 Å². The lowest BCUT2D eigenvalue weighted by molar-refractivity contribution is 0.677. The molecule has 1 nitrogen and oxygen atoms in total. The third kappa shape index (κ3) is 2.23. The Morgan fingerprint density at radius 1 is 1.22 bits per heavy atom. The average molecular weight is 276 g/mol. The average Bonchev–Trinajstić information content (AvgIpc) is 2.33. The van der Waals surface area contributed by atoms with Gasteiger partial charge in [-0.25, -0.2) is 0 Å². The molecule has 0 heterocycles. The first-order valence-electron chi connectivity index (χ1n) is 5.99. The lowest BCUT2D eigenvalue weighted by Crippen LogP contribution is -2.18. The summed E-state index contributed by atoms with van der Waals surface area (Å²) in [5.41, 5.74) is 9.72. The third-order valence-electron chi connectivity index (χ3n) is 3.37. The summed E-state index contributed by atoms with van der Waals surface area (Å²) in [7, 11) is 0. The smallest absolute Gasteiger partial charge is 0.0467 e. The van der Waals surface area contributed by atoms with Crippen molar-refractivity contribution in [3.63, 3.8) is 0 Å². The number of halogens is 1. The van der Waals surface area contributed by atoms with Crippen molar-refractivity contribution >= 4 is 29.1 Å². The minimum atomic E-state index is 0.668. The van der Waals surface area contributed by atoms with Crippen LogP contribution in [0.5, 0.6) is 0 Å². The molecule has 0 amide bonds. The first-order valence-corrected chi connectivity index (χ1v) is 7.36. The molecule has 0 saturated carbocycles. The number of hydrogen-bond acceptors (Lipinski definition) is 2. The van der Waals surface area contributed by atoms with Crippen molar-refractivity contribution < 1.29 is 0 Å². The second-order valence-electron chi connectivity index (χ2n) is 4.59. The van der Waals surface area contributed by atoms with E-state index in [1.165, 1.54) is 17.5 Å². The van der Waals surface area contributed by atoms with Gasteiger partial charge in [0, 0.05) is 21.4 Å². The minimum Gasteiger partial charge on any atom is -0.398 e. The molecule has 3 heteroatoms. The molecule has 2 N–H and O–H groups in total. The zero-order valence-corrected chi connectivity index (χ0v) is 11.5. The number of fused-ring (bicyclic) bond motifs is 1. The Morgan fingerprint density at radius 3 is 2.83 bits per heavy atom. The van der Waals surface area contributed by atoms with E-state index in [4.69, 9.17) is 17.3 Å². The van der Waals surface area contributed by atoms with Crippen LogP contribution in [0.2, 0.25) is 5.02 Å². The molecule has 0 radical (unpaired) electrons. The SMILES string of the molecule is Nc1cc(Cl)ccc1SCC1Cc2ccccc21. The molecular formula is C15H14ClNS. The fourth-order valence-electron chi connectivity index (χ4n) is 2.35. The molecule has 3 rings (SSSR count). The predicted molar refractivity (Wildman–Crippen MR) is 79.5 cm³/mol. The van der Waals surface area contributed by atoms with Crippen LogP contribution in [-0.2, 0) is 6.42 Å². The van der Waals surface area contributed by atoms with Crippen LogP contribution in [0, 0.1) is 0 Å². The second-order valence-corrected chi connectivity index (χ2v) is 6.09. The van der Waals surface area contributed by atoms with Crippen molar-refractivity contribution in [2.45, 2.75) is 17.2 Å². The van der Waals surface area contributed by atoms with E-state index in [2.05, 4.69) is 24.3 Å². The molecule has 1 aliphatic carbocycles. The van der Waals surface area contributed by atoms with Gasteiger partial charge < -0.3 is 5.73 Å².